The Hall–Kier alpha value is -2.54. The highest BCUT2D eigenvalue weighted by molar-refractivity contribution is 6.32. The lowest BCUT2D eigenvalue weighted by molar-refractivity contribution is -0.148. The number of carbonyl (C=O) groups excluding carboxylic acids is 2. The highest BCUT2D eigenvalue weighted by Crippen LogP contribution is 2.32. The van der Waals surface area contributed by atoms with Crippen LogP contribution in [0.1, 0.15) is 31.4 Å². The second-order valence-corrected chi connectivity index (χ2v) is 6.27. The number of esters is 2. The average molecular weight is 397 g/mol. The van der Waals surface area contributed by atoms with Crippen LogP contribution in [0.25, 0.3) is 11.0 Å². The molecule has 27 heavy (non-hydrogen) atoms. The van der Waals surface area contributed by atoms with Crippen molar-refractivity contribution < 1.29 is 28.2 Å². The Morgan fingerprint density at radius 2 is 2.00 bits per heavy atom. The maximum absolute atomic E-state index is 12.3. The molecule has 0 amide bonds. The largest absolute Gasteiger partial charge is 0.477 e. The van der Waals surface area contributed by atoms with Crippen molar-refractivity contribution >= 4 is 34.5 Å². The molecule has 0 N–H and O–H groups in total. The summed E-state index contributed by atoms with van der Waals surface area (Å²) in [6.45, 7) is 5.28. The molecule has 1 aromatic carbocycles. The fourth-order valence-electron chi connectivity index (χ4n) is 2.63. The van der Waals surface area contributed by atoms with Crippen LogP contribution in [-0.2, 0) is 25.5 Å². The van der Waals surface area contributed by atoms with Crippen LogP contribution in [0.15, 0.2) is 21.3 Å². The van der Waals surface area contributed by atoms with Crippen molar-refractivity contribution in [2.45, 2.75) is 39.7 Å². The molecule has 0 aliphatic rings. The second kappa shape index (κ2) is 8.90. The third kappa shape index (κ3) is 4.80. The second-order valence-electron chi connectivity index (χ2n) is 5.86. The standard InChI is InChI=1S/C19H21ClO7/c1-5-25-17(21)7-6-12-10(2)13-8-14(20)16(9-15(13)27-19(12)23)26-11(3)18(22)24-4/h8-9,11H,5-7H2,1-4H3. The van der Waals surface area contributed by atoms with Gasteiger partial charge in [0.05, 0.1) is 18.7 Å². The summed E-state index contributed by atoms with van der Waals surface area (Å²) in [5.74, 6) is -0.739. The van der Waals surface area contributed by atoms with Crippen molar-refractivity contribution in [2.24, 2.45) is 0 Å². The zero-order chi connectivity index (χ0) is 20.1. The van der Waals surface area contributed by atoms with Gasteiger partial charge in [-0.3, -0.25) is 4.79 Å². The molecule has 0 aliphatic carbocycles. The lowest BCUT2D eigenvalue weighted by Crippen LogP contribution is -2.25. The molecular weight excluding hydrogens is 376 g/mol. The van der Waals surface area contributed by atoms with E-state index in [4.69, 9.17) is 25.5 Å². The lowest BCUT2D eigenvalue weighted by Gasteiger charge is -2.15. The topological polar surface area (TPSA) is 92.0 Å². The van der Waals surface area contributed by atoms with Gasteiger partial charge in [0, 0.05) is 23.4 Å². The monoisotopic (exact) mass is 396 g/mol. The molecule has 7 nitrogen and oxygen atoms in total. The van der Waals surface area contributed by atoms with Gasteiger partial charge in [-0.1, -0.05) is 11.6 Å². The summed E-state index contributed by atoms with van der Waals surface area (Å²) in [7, 11) is 1.25. The van der Waals surface area contributed by atoms with Crippen LogP contribution < -0.4 is 10.4 Å². The van der Waals surface area contributed by atoms with E-state index >= 15 is 0 Å². The summed E-state index contributed by atoms with van der Waals surface area (Å²) in [6.07, 6.45) is -0.587. The van der Waals surface area contributed by atoms with Gasteiger partial charge in [0.2, 0.25) is 0 Å². The van der Waals surface area contributed by atoms with E-state index in [0.717, 1.165) is 0 Å². The molecule has 0 saturated heterocycles. The van der Waals surface area contributed by atoms with Crippen LogP contribution >= 0.6 is 11.6 Å². The van der Waals surface area contributed by atoms with E-state index in [9.17, 15) is 14.4 Å². The van der Waals surface area contributed by atoms with E-state index in [0.29, 0.717) is 16.5 Å². The maximum atomic E-state index is 12.3. The summed E-state index contributed by atoms with van der Waals surface area (Å²) in [6, 6.07) is 3.06. The Morgan fingerprint density at radius 1 is 1.30 bits per heavy atom. The van der Waals surface area contributed by atoms with Crippen molar-refractivity contribution in [3.63, 3.8) is 0 Å². The fourth-order valence-corrected chi connectivity index (χ4v) is 2.84. The first kappa shape index (κ1) is 20.8. The van der Waals surface area contributed by atoms with E-state index in [1.165, 1.54) is 20.1 Å². The van der Waals surface area contributed by atoms with Gasteiger partial charge in [-0.2, -0.15) is 0 Å². The first-order valence-corrected chi connectivity index (χ1v) is 8.82. The molecule has 2 aromatic rings. The number of aryl methyl sites for hydroxylation is 1. The minimum atomic E-state index is -0.873. The van der Waals surface area contributed by atoms with Crippen LogP contribution in [-0.4, -0.2) is 31.8 Å². The van der Waals surface area contributed by atoms with Crippen LogP contribution in [0.5, 0.6) is 5.75 Å². The van der Waals surface area contributed by atoms with Gasteiger partial charge in [-0.15, -0.1) is 0 Å². The van der Waals surface area contributed by atoms with Crippen molar-refractivity contribution in [3.8, 4) is 5.75 Å². The van der Waals surface area contributed by atoms with Crippen LogP contribution in [0, 0.1) is 6.92 Å². The van der Waals surface area contributed by atoms with Gasteiger partial charge in [-0.25, -0.2) is 9.59 Å². The molecule has 146 valence electrons. The average Bonchev–Trinajstić information content (AvgIpc) is 2.62. The Balaban J connectivity index is 2.38. The summed E-state index contributed by atoms with van der Waals surface area (Å²) >= 11 is 6.26. The highest BCUT2D eigenvalue weighted by Gasteiger charge is 2.19. The number of hydrogen-bond acceptors (Lipinski definition) is 7. The predicted octanol–water partition coefficient (Wildman–Crippen LogP) is 3.19. The van der Waals surface area contributed by atoms with Gasteiger partial charge in [-0.05, 0) is 38.8 Å². The van der Waals surface area contributed by atoms with Gasteiger partial charge < -0.3 is 18.6 Å². The molecule has 0 bridgehead atoms. The summed E-state index contributed by atoms with van der Waals surface area (Å²) in [5.41, 5.74) is 0.788. The molecule has 1 heterocycles. The molecule has 0 spiro atoms. The number of ether oxygens (including phenoxy) is 3. The van der Waals surface area contributed by atoms with Crippen LogP contribution in [0.3, 0.4) is 0 Å². The van der Waals surface area contributed by atoms with Gasteiger partial charge >= 0.3 is 17.6 Å². The maximum Gasteiger partial charge on any atom is 0.346 e. The predicted molar refractivity (Wildman–Crippen MR) is 99.3 cm³/mol. The molecule has 0 fully saturated rings. The molecule has 1 unspecified atom stereocenters. The Labute approximate surface area is 161 Å². The van der Waals surface area contributed by atoms with Gasteiger partial charge in [0.15, 0.2) is 6.10 Å². The van der Waals surface area contributed by atoms with Crippen molar-refractivity contribution in [3.05, 3.63) is 38.7 Å². The number of hydrogen-bond donors (Lipinski definition) is 0. The van der Waals surface area contributed by atoms with Gasteiger partial charge in [0.1, 0.15) is 11.3 Å². The number of methoxy groups -OCH3 is 1. The third-order valence-corrected chi connectivity index (χ3v) is 4.36. The van der Waals surface area contributed by atoms with E-state index in [-0.39, 0.29) is 41.8 Å². The van der Waals surface area contributed by atoms with Gasteiger partial charge in [0.25, 0.3) is 0 Å². The van der Waals surface area contributed by atoms with Crippen LogP contribution in [0.4, 0.5) is 0 Å². The SMILES string of the molecule is CCOC(=O)CCc1c(C)c2cc(Cl)c(OC(C)C(=O)OC)cc2oc1=O. The zero-order valence-electron chi connectivity index (χ0n) is 15.6. The Morgan fingerprint density at radius 3 is 2.63 bits per heavy atom. The van der Waals surface area contributed by atoms with Crippen molar-refractivity contribution in [1.82, 2.24) is 0 Å². The smallest absolute Gasteiger partial charge is 0.346 e. The molecular formula is C19H21ClO7. The first-order chi connectivity index (χ1) is 12.8. The third-order valence-electron chi connectivity index (χ3n) is 4.06. The normalized spacial score (nSPS) is 11.9. The molecule has 8 heteroatoms. The lowest BCUT2D eigenvalue weighted by atomic mass is 10.0. The minimum absolute atomic E-state index is 0.0799. The van der Waals surface area contributed by atoms with E-state index in [1.54, 1.807) is 19.9 Å². The number of fused-ring (bicyclic) bond motifs is 1. The van der Waals surface area contributed by atoms with Crippen molar-refractivity contribution in [2.75, 3.05) is 13.7 Å². The number of rotatable bonds is 7. The number of benzene rings is 1. The quantitative estimate of drug-likeness (QED) is 0.524. The summed E-state index contributed by atoms with van der Waals surface area (Å²) in [5, 5.41) is 0.878. The number of halogens is 1. The van der Waals surface area contributed by atoms with E-state index < -0.39 is 17.7 Å². The van der Waals surface area contributed by atoms with E-state index in [2.05, 4.69) is 4.74 Å². The van der Waals surface area contributed by atoms with Crippen LogP contribution in [0.2, 0.25) is 5.02 Å². The number of carbonyl (C=O) groups is 2. The molecule has 0 saturated carbocycles. The molecule has 2 rings (SSSR count). The molecule has 0 radical (unpaired) electrons. The zero-order valence-corrected chi connectivity index (χ0v) is 16.3. The fraction of sp³-hybridized carbons (Fsp3) is 0.421. The Bertz CT molecular complexity index is 916. The Kier molecular flexibility index (Phi) is 6.85. The molecule has 1 atom stereocenters. The minimum Gasteiger partial charge on any atom is -0.477 e. The highest BCUT2D eigenvalue weighted by atomic mass is 35.5. The molecule has 0 aliphatic heterocycles. The molecule has 1 aromatic heterocycles. The summed E-state index contributed by atoms with van der Waals surface area (Å²) < 4.78 is 20.4. The first-order valence-electron chi connectivity index (χ1n) is 8.44. The van der Waals surface area contributed by atoms with Crippen molar-refractivity contribution in [1.29, 1.82) is 0 Å². The van der Waals surface area contributed by atoms with E-state index in [1.807, 2.05) is 0 Å². The summed E-state index contributed by atoms with van der Waals surface area (Å²) in [4.78, 5) is 35.4.